The molecule has 0 amide bonds. The first kappa shape index (κ1) is 6.75. The molecule has 9 heavy (non-hydrogen) atoms. The van der Waals surface area contributed by atoms with Crippen molar-refractivity contribution in [2.75, 3.05) is 19.6 Å². The summed E-state index contributed by atoms with van der Waals surface area (Å²) < 4.78 is 0. The van der Waals surface area contributed by atoms with Gasteiger partial charge >= 0.3 is 0 Å². The van der Waals surface area contributed by atoms with E-state index in [1.807, 2.05) is 0 Å². The minimum absolute atomic E-state index is 0.324. The predicted octanol–water partition coefficient (Wildman–Crippen LogP) is 0.527. The molecule has 0 N–H and O–H groups in total. The van der Waals surface area contributed by atoms with Crippen LogP contribution in [0, 0.1) is 5.92 Å². The first-order valence-corrected chi connectivity index (χ1v) is 3.54. The highest BCUT2D eigenvalue weighted by atomic mass is 16.1. The minimum Gasteiger partial charge on any atom is -0.303 e. The average Bonchev–Trinajstić information content (AvgIpc) is 2.34. The highest BCUT2D eigenvalue weighted by molar-refractivity contribution is 5.54. The molecule has 0 saturated carbocycles. The van der Waals surface area contributed by atoms with Crippen LogP contribution >= 0.6 is 0 Å². The minimum atomic E-state index is 0.324. The van der Waals surface area contributed by atoms with Gasteiger partial charge in [-0.05, 0) is 19.5 Å². The number of carbonyl (C=O) groups excluding carboxylic acids is 1. The first-order valence-electron chi connectivity index (χ1n) is 3.54. The van der Waals surface area contributed by atoms with Gasteiger partial charge in [0.05, 0.1) is 0 Å². The van der Waals surface area contributed by atoms with E-state index in [1.165, 1.54) is 0 Å². The highest BCUT2D eigenvalue weighted by Gasteiger charge is 2.19. The highest BCUT2D eigenvalue weighted by Crippen LogP contribution is 2.12. The molecule has 0 bridgehead atoms. The van der Waals surface area contributed by atoms with Gasteiger partial charge in [0.25, 0.3) is 0 Å². The van der Waals surface area contributed by atoms with Crippen LogP contribution in [0.15, 0.2) is 0 Å². The number of likely N-dealkylation sites (tertiary alicyclic amines) is 1. The van der Waals surface area contributed by atoms with Crippen molar-refractivity contribution in [2.24, 2.45) is 5.92 Å². The largest absolute Gasteiger partial charge is 0.303 e. The second-order valence-electron chi connectivity index (χ2n) is 2.58. The van der Waals surface area contributed by atoms with Crippen molar-refractivity contribution in [2.45, 2.75) is 13.3 Å². The molecule has 0 aromatic carbocycles. The van der Waals surface area contributed by atoms with Crippen molar-refractivity contribution in [3.05, 3.63) is 0 Å². The molecule has 0 aliphatic carbocycles. The standard InChI is InChI=1S/C7H13NO/c1-2-8-4-3-7(5-8)6-9/h6-7H,2-5H2,1H3. The lowest BCUT2D eigenvalue weighted by atomic mass is 10.1. The van der Waals surface area contributed by atoms with Crippen molar-refractivity contribution < 1.29 is 4.79 Å². The van der Waals surface area contributed by atoms with Gasteiger partial charge in [-0.25, -0.2) is 0 Å². The molecule has 0 radical (unpaired) electrons. The molecule has 1 aliphatic heterocycles. The van der Waals surface area contributed by atoms with Crippen LogP contribution in [0.3, 0.4) is 0 Å². The fraction of sp³-hybridized carbons (Fsp3) is 0.857. The lowest BCUT2D eigenvalue weighted by Gasteiger charge is -2.09. The van der Waals surface area contributed by atoms with E-state index in [-0.39, 0.29) is 0 Å². The zero-order chi connectivity index (χ0) is 6.69. The van der Waals surface area contributed by atoms with E-state index in [4.69, 9.17) is 0 Å². The summed E-state index contributed by atoms with van der Waals surface area (Å²) in [6.45, 7) is 5.32. The Labute approximate surface area is 55.8 Å². The van der Waals surface area contributed by atoms with Gasteiger partial charge < -0.3 is 9.69 Å². The van der Waals surface area contributed by atoms with Crippen molar-refractivity contribution in [1.82, 2.24) is 4.90 Å². The monoisotopic (exact) mass is 127 g/mol. The Balaban J connectivity index is 2.28. The topological polar surface area (TPSA) is 20.3 Å². The Hall–Kier alpha value is -0.370. The lowest BCUT2D eigenvalue weighted by Crippen LogP contribution is -2.19. The summed E-state index contributed by atoms with van der Waals surface area (Å²) in [5.41, 5.74) is 0. The van der Waals surface area contributed by atoms with Gasteiger partial charge in [-0.3, -0.25) is 0 Å². The quantitative estimate of drug-likeness (QED) is 0.504. The molecule has 0 spiro atoms. The smallest absolute Gasteiger partial charge is 0.124 e. The molecule has 1 aliphatic rings. The number of rotatable bonds is 2. The van der Waals surface area contributed by atoms with Gasteiger partial charge in [0, 0.05) is 12.5 Å². The third-order valence-corrected chi connectivity index (χ3v) is 1.95. The van der Waals surface area contributed by atoms with Crippen LogP contribution in [0.2, 0.25) is 0 Å². The van der Waals surface area contributed by atoms with Crippen LogP contribution in [0.25, 0.3) is 0 Å². The summed E-state index contributed by atoms with van der Waals surface area (Å²) in [6, 6.07) is 0. The van der Waals surface area contributed by atoms with E-state index in [2.05, 4.69) is 11.8 Å². The van der Waals surface area contributed by atoms with Crippen LogP contribution in [0.5, 0.6) is 0 Å². The van der Waals surface area contributed by atoms with Gasteiger partial charge in [0.15, 0.2) is 0 Å². The number of nitrogens with zero attached hydrogens (tertiary/aromatic N) is 1. The van der Waals surface area contributed by atoms with E-state index in [1.54, 1.807) is 0 Å². The molecule has 1 heterocycles. The van der Waals surface area contributed by atoms with Crippen LogP contribution in [0.1, 0.15) is 13.3 Å². The fourth-order valence-electron chi connectivity index (χ4n) is 1.26. The lowest BCUT2D eigenvalue weighted by molar-refractivity contribution is -0.110. The number of aldehydes is 1. The Morgan fingerprint density at radius 2 is 2.56 bits per heavy atom. The zero-order valence-corrected chi connectivity index (χ0v) is 5.84. The average molecular weight is 127 g/mol. The predicted molar refractivity (Wildman–Crippen MR) is 36.3 cm³/mol. The summed E-state index contributed by atoms with van der Waals surface area (Å²) in [4.78, 5) is 12.5. The summed E-state index contributed by atoms with van der Waals surface area (Å²) in [5, 5.41) is 0. The van der Waals surface area contributed by atoms with Crippen molar-refractivity contribution in [3.63, 3.8) is 0 Å². The van der Waals surface area contributed by atoms with Crippen LogP contribution < -0.4 is 0 Å². The Kier molecular flexibility index (Phi) is 2.22. The molecular formula is C7H13NO. The van der Waals surface area contributed by atoms with Gasteiger partial charge in [0.1, 0.15) is 6.29 Å². The Morgan fingerprint density at radius 3 is 2.89 bits per heavy atom. The van der Waals surface area contributed by atoms with Gasteiger partial charge in [-0.1, -0.05) is 6.92 Å². The number of hydrogen-bond acceptors (Lipinski definition) is 2. The molecule has 2 nitrogen and oxygen atoms in total. The van der Waals surface area contributed by atoms with Gasteiger partial charge in [-0.15, -0.1) is 0 Å². The molecule has 2 heteroatoms. The van der Waals surface area contributed by atoms with Crippen LogP contribution in [-0.4, -0.2) is 30.8 Å². The van der Waals surface area contributed by atoms with E-state index < -0.39 is 0 Å². The summed E-state index contributed by atoms with van der Waals surface area (Å²) in [6.07, 6.45) is 2.15. The molecule has 1 unspecified atom stereocenters. The van der Waals surface area contributed by atoms with Crippen LogP contribution in [0.4, 0.5) is 0 Å². The molecule has 0 aromatic heterocycles. The molecule has 1 atom stereocenters. The van der Waals surface area contributed by atoms with E-state index >= 15 is 0 Å². The second-order valence-corrected chi connectivity index (χ2v) is 2.58. The second kappa shape index (κ2) is 2.97. The maximum absolute atomic E-state index is 10.2. The summed E-state index contributed by atoms with van der Waals surface area (Å²) >= 11 is 0. The maximum atomic E-state index is 10.2. The molecule has 0 aromatic rings. The Morgan fingerprint density at radius 1 is 1.78 bits per heavy atom. The van der Waals surface area contributed by atoms with Crippen molar-refractivity contribution in [3.8, 4) is 0 Å². The van der Waals surface area contributed by atoms with Gasteiger partial charge in [0.2, 0.25) is 0 Å². The van der Waals surface area contributed by atoms with Gasteiger partial charge in [-0.2, -0.15) is 0 Å². The van der Waals surface area contributed by atoms with E-state index in [0.717, 1.165) is 32.3 Å². The third-order valence-electron chi connectivity index (χ3n) is 1.95. The molecular weight excluding hydrogens is 114 g/mol. The third kappa shape index (κ3) is 1.52. The Bertz CT molecular complexity index is 103. The molecule has 1 fully saturated rings. The summed E-state index contributed by atoms with van der Waals surface area (Å²) in [7, 11) is 0. The fourth-order valence-corrected chi connectivity index (χ4v) is 1.26. The zero-order valence-electron chi connectivity index (χ0n) is 5.84. The normalized spacial score (nSPS) is 28.8. The van der Waals surface area contributed by atoms with Crippen molar-refractivity contribution >= 4 is 6.29 Å². The van der Waals surface area contributed by atoms with Crippen LogP contribution in [-0.2, 0) is 4.79 Å². The molecule has 1 saturated heterocycles. The number of hydrogen-bond donors (Lipinski definition) is 0. The maximum Gasteiger partial charge on any atom is 0.124 e. The van der Waals surface area contributed by atoms with E-state index in [9.17, 15) is 4.79 Å². The SMILES string of the molecule is CCN1CCC(C=O)C1. The first-order chi connectivity index (χ1) is 4.36. The molecule has 52 valence electrons. The molecule has 1 rings (SSSR count). The van der Waals surface area contributed by atoms with E-state index in [0.29, 0.717) is 5.92 Å². The summed E-state index contributed by atoms with van der Waals surface area (Å²) in [5.74, 6) is 0.324. The van der Waals surface area contributed by atoms with Crippen molar-refractivity contribution in [1.29, 1.82) is 0 Å². The number of carbonyl (C=O) groups is 1.